The van der Waals surface area contributed by atoms with E-state index in [1.807, 2.05) is 18.2 Å². The van der Waals surface area contributed by atoms with Crippen LogP contribution in [0.4, 0.5) is 5.69 Å². The third-order valence-electron chi connectivity index (χ3n) is 10.1. The number of rotatable bonds is 19. The second kappa shape index (κ2) is 18.0. The van der Waals surface area contributed by atoms with Crippen molar-refractivity contribution in [1.29, 1.82) is 0 Å². The van der Waals surface area contributed by atoms with E-state index >= 15 is 0 Å². The first-order valence-electron chi connectivity index (χ1n) is 17.7. The number of allylic oxidation sites excluding steroid dienone is 1. The van der Waals surface area contributed by atoms with Crippen LogP contribution >= 0.6 is 27.5 Å². The number of carbonyl (C=O) groups excluding carboxylic acids is 4. The number of ether oxygens (including phenoxy) is 3. The Morgan fingerprint density at radius 3 is 2.52 bits per heavy atom. The van der Waals surface area contributed by atoms with Crippen molar-refractivity contribution in [2.75, 3.05) is 38.3 Å². The number of likely N-dealkylation sites (tertiary alicyclic amines) is 1. The lowest BCUT2D eigenvalue weighted by molar-refractivity contribution is -0.163. The summed E-state index contributed by atoms with van der Waals surface area (Å²) in [5.41, 5.74) is -0.117. The van der Waals surface area contributed by atoms with E-state index < -0.39 is 47.7 Å². The Balaban J connectivity index is 1.51. The largest absolute Gasteiger partial charge is 0.455 e. The van der Waals surface area contributed by atoms with Gasteiger partial charge in [-0.05, 0) is 61.9 Å². The molecule has 0 aromatic heterocycles. The summed E-state index contributed by atoms with van der Waals surface area (Å²) in [6, 6.07) is 14.1. The zero-order valence-corrected chi connectivity index (χ0v) is 31.7. The van der Waals surface area contributed by atoms with Crippen LogP contribution in [0, 0.1) is 11.8 Å². The maximum atomic E-state index is 14.8. The van der Waals surface area contributed by atoms with Crippen LogP contribution in [0.3, 0.4) is 0 Å². The molecule has 2 aromatic rings. The molecule has 280 valence electrons. The average Bonchev–Trinajstić information content (AvgIpc) is 3.73. The van der Waals surface area contributed by atoms with Gasteiger partial charge in [0.1, 0.15) is 17.7 Å². The van der Waals surface area contributed by atoms with Gasteiger partial charge < -0.3 is 34.4 Å². The monoisotopic (exact) mass is 799 g/mol. The van der Waals surface area contributed by atoms with Crippen molar-refractivity contribution in [2.24, 2.45) is 11.8 Å². The number of methoxy groups -OCH3 is 1. The predicted molar refractivity (Wildman–Crippen MR) is 201 cm³/mol. The number of fused-ring (bicyclic) bond motifs is 1. The number of amides is 3. The van der Waals surface area contributed by atoms with Gasteiger partial charge >= 0.3 is 5.97 Å². The molecule has 2 aromatic carbocycles. The van der Waals surface area contributed by atoms with Crippen LogP contribution in [0.1, 0.15) is 50.2 Å². The molecule has 0 saturated carbocycles. The van der Waals surface area contributed by atoms with E-state index in [4.69, 9.17) is 25.8 Å². The summed E-state index contributed by atoms with van der Waals surface area (Å²) < 4.78 is 18.5. The number of aliphatic hydroxyl groups excluding tert-OH is 1. The van der Waals surface area contributed by atoms with Gasteiger partial charge in [0, 0.05) is 48.8 Å². The van der Waals surface area contributed by atoms with E-state index in [0.29, 0.717) is 48.4 Å². The number of halogens is 2. The Hall–Kier alpha value is -3.55. The van der Waals surface area contributed by atoms with Crippen LogP contribution in [-0.2, 0) is 33.4 Å². The number of hydrogen-bond acceptors (Lipinski definition) is 8. The van der Waals surface area contributed by atoms with Crippen molar-refractivity contribution in [2.45, 2.75) is 73.2 Å². The minimum absolute atomic E-state index is 0.0118. The lowest BCUT2D eigenvalue weighted by Crippen LogP contribution is -2.57. The van der Waals surface area contributed by atoms with E-state index in [2.05, 4.69) is 34.4 Å². The second-order valence-electron chi connectivity index (χ2n) is 13.4. The highest BCUT2D eigenvalue weighted by Gasteiger charge is 2.77. The van der Waals surface area contributed by atoms with Gasteiger partial charge in [0.05, 0.1) is 30.6 Å². The van der Waals surface area contributed by atoms with Crippen molar-refractivity contribution < 1.29 is 38.5 Å². The normalized spacial score (nSPS) is 25.7. The molecule has 52 heavy (non-hydrogen) atoms. The highest BCUT2D eigenvalue weighted by molar-refractivity contribution is 9.09. The van der Waals surface area contributed by atoms with Crippen molar-refractivity contribution in [3.05, 3.63) is 90.5 Å². The van der Waals surface area contributed by atoms with Crippen molar-refractivity contribution in [3.63, 3.8) is 0 Å². The van der Waals surface area contributed by atoms with Crippen LogP contribution in [0.15, 0.2) is 79.9 Å². The van der Waals surface area contributed by atoms with Crippen LogP contribution < -0.4 is 10.2 Å². The SMILES string of the molecule is C=CCCC(=O)N[C@@H](COC)[C@@H](OC(=O)[C@H]1[C@@H]2O[C@@]3(CC2Br)[C@@H]1C(=O)N(CCCCCO)[C@@H]3C(=O)N(CC=C)c1ccc(Cl)cc1)c1ccccc1. The maximum Gasteiger partial charge on any atom is 0.313 e. The van der Waals surface area contributed by atoms with Crippen molar-refractivity contribution in [1.82, 2.24) is 10.2 Å². The number of hydrogen-bond donors (Lipinski definition) is 2. The fourth-order valence-corrected chi connectivity index (χ4v) is 8.90. The zero-order valence-electron chi connectivity index (χ0n) is 29.3. The van der Waals surface area contributed by atoms with Gasteiger partial charge in [0.2, 0.25) is 11.8 Å². The number of anilines is 1. The molecule has 0 aliphatic carbocycles. The first kappa shape index (κ1) is 39.7. The molecule has 11 nitrogen and oxygen atoms in total. The number of carbonyl (C=O) groups is 4. The van der Waals surface area contributed by atoms with E-state index in [1.54, 1.807) is 58.4 Å². The number of aliphatic hydroxyl groups is 1. The van der Waals surface area contributed by atoms with E-state index in [-0.39, 0.29) is 55.3 Å². The first-order valence-corrected chi connectivity index (χ1v) is 19.0. The fraction of sp³-hybridized carbons (Fsp3) is 0.487. The lowest BCUT2D eigenvalue weighted by Gasteiger charge is -2.37. The Labute approximate surface area is 318 Å². The van der Waals surface area contributed by atoms with Crippen LogP contribution in [0.25, 0.3) is 0 Å². The molecule has 3 aliphatic heterocycles. The molecular weight excluding hydrogens is 754 g/mol. The molecule has 0 radical (unpaired) electrons. The average molecular weight is 801 g/mol. The molecule has 2 bridgehead atoms. The Morgan fingerprint density at radius 2 is 1.87 bits per heavy atom. The molecule has 3 saturated heterocycles. The number of alkyl halides is 1. The summed E-state index contributed by atoms with van der Waals surface area (Å²) in [5.74, 6) is -3.69. The molecule has 5 rings (SSSR count). The molecular formula is C39H47BrClN3O8. The smallest absolute Gasteiger partial charge is 0.313 e. The topological polar surface area (TPSA) is 135 Å². The summed E-state index contributed by atoms with van der Waals surface area (Å²) in [4.78, 5) is 59.7. The summed E-state index contributed by atoms with van der Waals surface area (Å²) in [5, 5.41) is 12.9. The predicted octanol–water partition coefficient (Wildman–Crippen LogP) is 5.15. The summed E-state index contributed by atoms with van der Waals surface area (Å²) in [7, 11) is 1.50. The molecule has 1 spiro atoms. The van der Waals surface area contributed by atoms with Gasteiger partial charge in [0.25, 0.3) is 5.91 Å². The van der Waals surface area contributed by atoms with Gasteiger partial charge in [-0.15, -0.1) is 13.2 Å². The molecule has 3 amide bonds. The van der Waals surface area contributed by atoms with Crippen LogP contribution in [0.2, 0.25) is 5.02 Å². The zero-order chi connectivity index (χ0) is 37.4. The molecule has 3 heterocycles. The minimum atomic E-state index is -1.33. The number of benzene rings is 2. The van der Waals surface area contributed by atoms with E-state index in [0.717, 1.165) is 0 Å². The number of nitrogens with zero attached hydrogens (tertiary/aromatic N) is 2. The summed E-state index contributed by atoms with van der Waals surface area (Å²) >= 11 is 9.91. The van der Waals surface area contributed by atoms with Gasteiger partial charge in [-0.1, -0.05) is 70.0 Å². The van der Waals surface area contributed by atoms with Gasteiger partial charge in [-0.3, -0.25) is 19.2 Å². The van der Waals surface area contributed by atoms with E-state index in [1.165, 1.54) is 7.11 Å². The number of esters is 1. The third kappa shape index (κ3) is 8.16. The standard InChI is InChI=1S/C39H47BrClN3O8/c1-4-6-15-30(46)42-29(24-50-3)33(25-13-9-7-10-14-25)51-38(49)31-32-36(47)44(21-11-8-12-22-45)35(39(32)23-28(40)34(31)52-39)37(48)43(20-5-2)27-18-16-26(41)17-19-27/h4-5,7,9-10,13-14,16-19,28-29,31-35,45H,1-2,6,8,11-12,15,20-24H2,3H3,(H,42,46)/t28?,29-,31+,32-,33-,34+,35+,39-/m0/s1. The Bertz CT molecular complexity index is 1600. The molecule has 8 atom stereocenters. The summed E-state index contributed by atoms with van der Waals surface area (Å²) in [6.45, 7) is 8.01. The molecule has 2 N–H and O–H groups in total. The summed E-state index contributed by atoms with van der Waals surface area (Å²) in [6.07, 6.45) is 4.27. The van der Waals surface area contributed by atoms with Gasteiger partial charge in [0.15, 0.2) is 0 Å². The number of unbranched alkanes of at least 4 members (excludes halogenated alkanes) is 2. The first-order chi connectivity index (χ1) is 25.1. The fourth-order valence-electron chi connectivity index (χ4n) is 7.84. The van der Waals surface area contributed by atoms with Crippen LogP contribution in [0.5, 0.6) is 0 Å². The van der Waals surface area contributed by atoms with Crippen molar-refractivity contribution >= 4 is 56.9 Å². The van der Waals surface area contributed by atoms with Crippen molar-refractivity contribution in [3.8, 4) is 0 Å². The quantitative estimate of drug-likeness (QED) is 0.0863. The van der Waals surface area contributed by atoms with Crippen LogP contribution in [-0.4, -0.2) is 95.7 Å². The molecule has 1 unspecified atom stereocenters. The third-order valence-corrected chi connectivity index (χ3v) is 11.2. The highest BCUT2D eigenvalue weighted by atomic mass is 79.9. The maximum absolute atomic E-state index is 14.8. The molecule has 13 heteroatoms. The molecule has 3 aliphatic rings. The second-order valence-corrected chi connectivity index (χ2v) is 15.0. The highest BCUT2D eigenvalue weighted by Crippen LogP contribution is 2.60. The Kier molecular flexibility index (Phi) is 13.7. The lowest BCUT2D eigenvalue weighted by atomic mass is 9.70. The van der Waals surface area contributed by atoms with Gasteiger partial charge in [-0.2, -0.15) is 0 Å². The molecule has 3 fully saturated rings. The van der Waals surface area contributed by atoms with E-state index in [9.17, 15) is 24.3 Å². The number of nitrogens with one attached hydrogen (secondary N) is 1. The van der Waals surface area contributed by atoms with Gasteiger partial charge in [-0.25, -0.2) is 0 Å². The Morgan fingerprint density at radius 1 is 1.13 bits per heavy atom. The minimum Gasteiger partial charge on any atom is -0.455 e.